The van der Waals surface area contributed by atoms with E-state index >= 15 is 4.39 Å². The number of hydrogen-bond donors (Lipinski definition) is 3. The van der Waals surface area contributed by atoms with E-state index in [0.717, 1.165) is 4.90 Å². The molecule has 1 aromatic heterocycles. The van der Waals surface area contributed by atoms with E-state index in [1.165, 1.54) is 0 Å². The summed E-state index contributed by atoms with van der Waals surface area (Å²) in [5.74, 6) is -2.49. The molecular weight excluding hydrogens is 481 g/mol. The first-order valence-electron chi connectivity index (χ1n) is 11.5. The SMILES string of the molecule is C[C@@H]1CN2c3c(c4c5c(noc5c3F)N3C(=O)OC[C@@H]3[C@@H]4O)CC3(C(=O)NC(=O)NC3=O)[C@H]2[C@H](C)O1. The number of halogens is 1. The Morgan fingerprint density at radius 2 is 1.89 bits per heavy atom. The molecule has 3 fully saturated rings. The Morgan fingerprint density at radius 3 is 2.61 bits per heavy atom. The Kier molecular flexibility index (Phi) is 4.00. The first-order valence-corrected chi connectivity index (χ1v) is 11.5. The average Bonchev–Trinajstić information content (AvgIpc) is 3.40. The van der Waals surface area contributed by atoms with E-state index in [2.05, 4.69) is 15.8 Å². The Hall–Kier alpha value is -3.78. The van der Waals surface area contributed by atoms with Gasteiger partial charge in [0, 0.05) is 18.5 Å². The zero-order chi connectivity index (χ0) is 25.3. The van der Waals surface area contributed by atoms with Gasteiger partial charge in [-0.25, -0.2) is 18.9 Å². The van der Waals surface area contributed by atoms with Crippen molar-refractivity contribution in [3.63, 3.8) is 0 Å². The first kappa shape index (κ1) is 21.5. The number of amides is 5. The fraction of sp³-hybridized carbons (Fsp3) is 0.500. The minimum absolute atomic E-state index is 0.00730. The van der Waals surface area contributed by atoms with Gasteiger partial charge in [-0.05, 0) is 19.4 Å². The topological polar surface area (TPSA) is 164 Å². The molecule has 0 radical (unpaired) electrons. The van der Waals surface area contributed by atoms with Gasteiger partial charge in [-0.15, -0.1) is 0 Å². The molecule has 1 aromatic carbocycles. The number of aliphatic hydroxyl groups excluding tert-OH is 1. The van der Waals surface area contributed by atoms with Crippen molar-refractivity contribution < 1.29 is 42.7 Å². The van der Waals surface area contributed by atoms with Crippen LogP contribution in [0.3, 0.4) is 0 Å². The highest BCUT2D eigenvalue weighted by Gasteiger charge is 2.64. The summed E-state index contributed by atoms with van der Waals surface area (Å²) in [6, 6.07) is -2.78. The molecule has 188 valence electrons. The van der Waals surface area contributed by atoms with E-state index in [-0.39, 0.29) is 53.2 Å². The Balaban J connectivity index is 1.55. The summed E-state index contributed by atoms with van der Waals surface area (Å²) in [7, 11) is 0. The monoisotopic (exact) mass is 501 g/mol. The van der Waals surface area contributed by atoms with Crippen LogP contribution in [0.25, 0.3) is 11.0 Å². The molecule has 5 amide bonds. The highest BCUT2D eigenvalue weighted by molar-refractivity contribution is 6.21. The third-order valence-corrected chi connectivity index (χ3v) is 7.95. The molecule has 7 rings (SSSR count). The van der Waals surface area contributed by atoms with Gasteiger partial charge in [-0.2, -0.15) is 0 Å². The molecule has 5 aliphatic heterocycles. The van der Waals surface area contributed by atoms with Gasteiger partial charge in [0.2, 0.25) is 17.4 Å². The molecule has 0 aliphatic carbocycles. The van der Waals surface area contributed by atoms with E-state index in [1.807, 2.05) is 0 Å². The predicted octanol–water partition coefficient (Wildman–Crippen LogP) is 0.230. The number of nitrogens with zero attached hydrogens (tertiary/aromatic N) is 3. The summed E-state index contributed by atoms with van der Waals surface area (Å²) in [6.07, 6.45) is -3.53. The maximum atomic E-state index is 16.2. The van der Waals surface area contributed by atoms with Gasteiger partial charge >= 0.3 is 12.1 Å². The lowest BCUT2D eigenvalue weighted by Gasteiger charge is -2.55. The molecule has 3 N–H and O–H groups in total. The number of hydrogen-bond acceptors (Lipinski definition) is 10. The van der Waals surface area contributed by atoms with Crippen LogP contribution in [0.5, 0.6) is 0 Å². The number of benzene rings is 1. The summed E-state index contributed by atoms with van der Waals surface area (Å²) in [4.78, 5) is 53.9. The fourth-order valence-corrected chi connectivity index (χ4v) is 6.67. The largest absolute Gasteiger partial charge is 0.447 e. The number of carbonyl (C=O) groups excluding carboxylic acids is 4. The number of cyclic esters (lactones) is 1. The van der Waals surface area contributed by atoms with Crippen molar-refractivity contribution in [1.29, 1.82) is 0 Å². The first-order chi connectivity index (χ1) is 17.1. The third-order valence-electron chi connectivity index (χ3n) is 7.95. The van der Waals surface area contributed by atoms with Crippen molar-refractivity contribution in [3.8, 4) is 0 Å². The molecule has 5 aliphatic rings. The number of anilines is 2. The maximum Gasteiger partial charge on any atom is 0.416 e. The second-order valence-corrected chi connectivity index (χ2v) is 9.86. The lowest BCUT2D eigenvalue weighted by atomic mass is 9.65. The summed E-state index contributed by atoms with van der Waals surface area (Å²) in [5, 5.41) is 19.8. The van der Waals surface area contributed by atoms with E-state index in [9.17, 15) is 24.3 Å². The molecule has 0 saturated carbocycles. The predicted molar refractivity (Wildman–Crippen MR) is 116 cm³/mol. The molecule has 14 heteroatoms. The number of aliphatic hydroxyl groups is 1. The molecule has 6 heterocycles. The lowest BCUT2D eigenvalue weighted by Crippen LogP contribution is -2.75. The van der Waals surface area contributed by atoms with E-state index in [4.69, 9.17) is 14.0 Å². The number of fused-ring (bicyclic) bond motifs is 7. The molecule has 5 atom stereocenters. The lowest BCUT2D eigenvalue weighted by molar-refractivity contribution is -0.153. The van der Waals surface area contributed by atoms with Crippen LogP contribution in [0.2, 0.25) is 0 Å². The molecule has 3 saturated heterocycles. The number of ether oxygens (including phenoxy) is 2. The summed E-state index contributed by atoms with van der Waals surface area (Å²) < 4.78 is 32.6. The summed E-state index contributed by atoms with van der Waals surface area (Å²) in [5.41, 5.74) is -1.65. The highest BCUT2D eigenvalue weighted by Crippen LogP contribution is 2.55. The van der Waals surface area contributed by atoms with E-state index < -0.39 is 65.6 Å². The van der Waals surface area contributed by atoms with E-state index in [1.54, 1.807) is 18.7 Å². The van der Waals surface area contributed by atoms with Crippen molar-refractivity contribution in [1.82, 2.24) is 15.8 Å². The van der Waals surface area contributed by atoms with Crippen LogP contribution >= 0.6 is 0 Å². The van der Waals surface area contributed by atoms with Gasteiger partial charge in [-0.1, -0.05) is 5.16 Å². The number of rotatable bonds is 0. The zero-order valence-corrected chi connectivity index (χ0v) is 19.0. The number of imide groups is 2. The van der Waals surface area contributed by atoms with Crippen molar-refractivity contribution in [2.45, 2.75) is 50.7 Å². The average molecular weight is 501 g/mol. The van der Waals surface area contributed by atoms with Gasteiger partial charge in [0.1, 0.15) is 18.8 Å². The Labute approximate surface area is 201 Å². The normalized spacial score (nSPS) is 32.2. The van der Waals surface area contributed by atoms with Crippen LogP contribution in [-0.4, -0.2) is 71.6 Å². The van der Waals surface area contributed by atoms with Crippen molar-refractivity contribution >= 4 is 46.4 Å². The molecule has 13 nitrogen and oxygen atoms in total. The number of morpholine rings is 1. The Bertz CT molecular complexity index is 1400. The quantitative estimate of drug-likeness (QED) is 0.426. The number of aromatic nitrogens is 1. The molecular formula is C22H20FN5O8. The highest BCUT2D eigenvalue weighted by atomic mass is 19.1. The van der Waals surface area contributed by atoms with Crippen LogP contribution < -0.4 is 20.4 Å². The van der Waals surface area contributed by atoms with Crippen molar-refractivity contribution in [3.05, 3.63) is 16.9 Å². The molecule has 0 unspecified atom stereocenters. The summed E-state index contributed by atoms with van der Waals surface area (Å²) in [6.45, 7) is 3.43. The van der Waals surface area contributed by atoms with Gasteiger partial charge in [0.15, 0.2) is 17.1 Å². The van der Waals surface area contributed by atoms with Gasteiger partial charge in [0.25, 0.3) is 0 Å². The van der Waals surface area contributed by atoms with Crippen molar-refractivity contribution in [2.75, 3.05) is 23.0 Å². The number of nitrogens with one attached hydrogen (secondary N) is 2. The maximum absolute atomic E-state index is 16.2. The minimum Gasteiger partial charge on any atom is -0.447 e. The standard InChI is InChI=1S/C22H20FN5O8/c1-6-4-27-13-8(3-22(16(27)7(2)35-6)18(30)24-20(32)25-19(22)31)10-11-15(12(13)23)36-26-17(11)28-9(14(10)29)5-34-21(28)33/h6-7,9,14,16,29H,3-5H2,1-2H3,(H2,24,25,30,31,32)/t6-,7+,9-,14+,16-/m1/s1. The molecule has 1 spiro atoms. The van der Waals surface area contributed by atoms with Gasteiger partial charge in [-0.3, -0.25) is 20.2 Å². The smallest absolute Gasteiger partial charge is 0.416 e. The summed E-state index contributed by atoms with van der Waals surface area (Å²) >= 11 is 0. The number of barbiturate groups is 1. The number of carbonyl (C=O) groups is 4. The fourth-order valence-electron chi connectivity index (χ4n) is 6.67. The van der Waals surface area contributed by atoms with E-state index in [0.29, 0.717) is 0 Å². The van der Waals surface area contributed by atoms with Crippen LogP contribution in [0.1, 0.15) is 31.1 Å². The second kappa shape index (κ2) is 6.70. The Morgan fingerprint density at radius 1 is 1.17 bits per heavy atom. The molecule has 36 heavy (non-hydrogen) atoms. The van der Waals surface area contributed by atoms with Crippen LogP contribution in [0, 0.1) is 11.2 Å². The molecule has 0 bridgehead atoms. The minimum atomic E-state index is -1.87. The van der Waals surface area contributed by atoms with Crippen molar-refractivity contribution in [2.24, 2.45) is 5.41 Å². The number of urea groups is 1. The van der Waals surface area contributed by atoms with Crippen LogP contribution in [-0.2, 0) is 25.5 Å². The van der Waals surface area contributed by atoms with Gasteiger partial charge < -0.3 is 24.0 Å². The third kappa shape index (κ3) is 2.33. The zero-order valence-electron chi connectivity index (χ0n) is 19.0. The van der Waals surface area contributed by atoms with Gasteiger partial charge in [0.05, 0.1) is 29.3 Å². The van der Waals surface area contributed by atoms with Crippen LogP contribution in [0.15, 0.2) is 4.52 Å². The molecule has 2 aromatic rings. The second-order valence-electron chi connectivity index (χ2n) is 9.86. The van der Waals surface area contributed by atoms with Crippen LogP contribution in [0.4, 0.5) is 25.5 Å².